The Labute approximate surface area is 135 Å². The summed E-state index contributed by atoms with van der Waals surface area (Å²) in [4.78, 5) is 7.47. The number of ether oxygens (including phenoxy) is 1. The first-order valence-corrected chi connectivity index (χ1v) is 6.83. The van der Waals surface area contributed by atoms with E-state index in [1.807, 2.05) is 0 Å². The second-order valence-corrected chi connectivity index (χ2v) is 4.68. The fraction of sp³-hybridized carbons (Fsp3) is 0.125. The molecule has 1 aromatic carbocycles. The van der Waals surface area contributed by atoms with E-state index >= 15 is 0 Å². The molecule has 24 heavy (non-hydrogen) atoms. The number of benzene rings is 1. The van der Waals surface area contributed by atoms with Crippen LogP contribution in [0.25, 0.3) is 16.3 Å². The molecule has 0 saturated heterocycles. The van der Waals surface area contributed by atoms with E-state index in [4.69, 9.17) is 15.7 Å². The average Bonchev–Trinajstić information content (AvgIpc) is 3.11. The number of hydrogen-bond acceptors (Lipinski definition) is 5. The van der Waals surface area contributed by atoms with Crippen LogP contribution in [-0.2, 0) is 6.61 Å². The molecule has 2 heterocycles. The molecule has 0 unspecified atom stereocenters. The lowest BCUT2D eigenvalue weighted by atomic mass is 10.2. The lowest BCUT2D eigenvalue weighted by Crippen LogP contribution is -1.98. The van der Waals surface area contributed by atoms with Gasteiger partial charge in [0.2, 0.25) is 5.89 Å². The van der Waals surface area contributed by atoms with E-state index in [1.54, 1.807) is 36.4 Å². The molecule has 8 heteroatoms. The molecule has 0 atom stereocenters. The van der Waals surface area contributed by atoms with Crippen LogP contribution < -0.4 is 4.74 Å². The van der Waals surface area contributed by atoms with Crippen LogP contribution in [0.3, 0.4) is 0 Å². The Balaban J connectivity index is 1.64. The first-order valence-electron chi connectivity index (χ1n) is 6.83. The third-order valence-electron chi connectivity index (χ3n) is 3.05. The number of hydrogen-bond donors (Lipinski definition) is 0. The van der Waals surface area contributed by atoms with Crippen molar-refractivity contribution in [3.63, 3.8) is 0 Å². The maximum absolute atomic E-state index is 12.4. The minimum atomic E-state index is -2.80. The van der Waals surface area contributed by atoms with Crippen molar-refractivity contribution in [3.05, 3.63) is 65.6 Å². The van der Waals surface area contributed by atoms with Crippen LogP contribution in [0.5, 0.6) is 5.75 Å². The molecule has 0 spiro atoms. The minimum absolute atomic E-state index is 0.0139. The Morgan fingerprint density at radius 3 is 2.50 bits per heavy atom. The van der Waals surface area contributed by atoms with Crippen molar-refractivity contribution in [1.29, 1.82) is 0 Å². The second kappa shape index (κ2) is 6.83. The molecule has 0 N–H and O–H groups in total. The third-order valence-corrected chi connectivity index (χ3v) is 3.05. The van der Waals surface area contributed by atoms with Gasteiger partial charge in [-0.15, -0.1) is 10.2 Å². The van der Waals surface area contributed by atoms with Crippen LogP contribution in [0.1, 0.15) is 18.0 Å². The first-order chi connectivity index (χ1) is 11.7. The maximum atomic E-state index is 12.4. The van der Waals surface area contributed by atoms with Crippen molar-refractivity contribution in [1.82, 2.24) is 15.2 Å². The van der Waals surface area contributed by atoms with E-state index in [9.17, 15) is 8.78 Å². The highest BCUT2D eigenvalue weighted by molar-refractivity contribution is 5.50. The van der Waals surface area contributed by atoms with Gasteiger partial charge in [0.25, 0.3) is 5.89 Å². The predicted octanol–water partition coefficient (Wildman–Crippen LogP) is 4.20. The Bertz CT molecular complexity index is 855. The molecule has 0 aliphatic heterocycles. The highest BCUT2D eigenvalue weighted by Crippen LogP contribution is 2.23. The van der Waals surface area contributed by atoms with Gasteiger partial charge in [0.1, 0.15) is 12.4 Å². The van der Waals surface area contributed by atoms with Crippen LogP contribution in [0, 0.1) is 6.57 Å². The zero-order chi connectivity index (χ0) is 16.9. The molecular weight excluding hydrogens is 318 g/mol. The van der Waals surface area contributed by atoms with Gasteiger partial charge in [0, 0.05) is 6.20 Å². The van der Waals surface area contributed by atoms with Gasteiger partial charge < -0.3 is 9.15 Å². The van der Waals surface area contributed by atoms with Crippen molar-refractivity contribution < 1.29 is 17.9 Å². The Kier molecular flexibility index (Phi) is 4.43. The normalized spacial score (nSPS) is 10.6. The molecule has 2 aromatic heterocycles. The van der Waals surface area contributed by atoms with Gasteiger partial charge in [-0.05, 0) is 24.3 Å². The van der Waals surface area contributed by atoms with E-state index in [2.05, 4.69) is 20.0 Å². The number of pyridine rings is 1. The van der Waals surface area contributed by atoms with Crippen LogP contribution in [-0.4, -0.2) is 15.2 Å². The van der Waals surface area contributed by atoms with Crippen molar-refractivity contribution in [3.8, 4) is 17.2 Å². The molecule has 0 aliphatic rings. The van der Waals surface area contributed by atoms with Crippen molar-refractivity contribution in [2.45, 2.75) is 13.0 Å². The highest BCUT2D eigenvalue weighted by Gasteiger charge is 2.17. The summed E-state index contributed by atoms with van der Waals surface area (Å²) < 4.78 is 35.3. The zero-order valence-corrected chi connectivity index (χ0v) is 12.2. The lowest BCUT2D eigenvalue weighted by Gasteiger charge is -2.06. The molecule has 3 aromatic rings. The third kappa shape index (κ3) is 3.52. The Morgan fingerprint density at radius 1 is 1.12 bits per heavy atom. The maximum Gasteiger partial charge on any atom is 0.314 e. The Morgan fingerprint density at radius 2 is 1.92 bits per heavy atom. The van der Waals surface area contributed by atoms with Crippen LogP contribution in [0.2, 0.25) is 0 Å². The second-order valence-electron chi connectivity index (χ2n) is 4.68. The van der Waals surface area contributed by atoms with Gasteiger partial charge in [0.15, 0.2) is 5.69 Å². The fourth-order valence-electron chi connectivity index (χ4n) is 1.85. The topological polar surface area (TPSA) is 65.4 Å². The summed E-state index contributed by atoms with van der Waals surface area (Å²) in [7, 11) is 0. The molecule has 3 rings (SSSR count). The molecule has 0 bridgehead atoms. The van der Waals surface area contributed by atoms with E-state index in [0.29, 0.717) is 22.7 Å². The summed E-state index contributed by atoms with van der Waals surface area (Å²) in [6, 6.07) is 10.0. The number of alkyl halides is 2. The van der Waals surface area contributed by atoms with E-state index < -0.39 is 12.3 Å². The molecule has 120 valence electrons. The highest BCUT2D eigenvalue weighted by atomic mass is 19.3. The van der Waals surface area contributed by atoms with Crippen LogP contribution in [0.4, 0.5) is 14.5 Å². The van der Waals surface area contributed by atoms with E-state index in [0.717, 1.165) is 0 Å². The summed E-state index contributed by atoms with van der Waals surface area (Å²) >= 11 is 0. The van der Waals surface area contributed by atoms with Gasteiger partial charge in [-0.3, -0.25) is 4.98 Å². The summed E-state index contributed by atoms with van der Waals surface area (Å²) in [5.41, 5.74) is 1.62. The zero-order valence-electron chi connectivity index (χ0n) is 12.2. The standard InChI is InChI=1S/C16H10F2N4O2/c1-19-11-4-6-13(7-5-11)23-9-12-3-2-10(8-20-12)15-21-22-16(24-15)14(17)18/h2-8,14H,9H2. The number of aromatic nitrogens is 3. The van der Waals surface area contributed by atoms with E-state index in [-0.39, 0.29) is 12.5 Å². The average molecular weight is 328 g/mol. The molecule has 6 nitrogen and oxygen atoms in total. The predicted molar refractivity (Wildman–Crippen MR) is 79.5 cm³/mol. The lowest BCUT2D eigenvalue weighted by molar-refractivity contribution is 0.116. The van der Waals surface area contributed by atoms with Gasteiger partial charge in [-0.1, -0.05) is 12.1 Å². The molecule has 0 aliphatic carbocycles. The molecule has 0 fully saturated rings. The number of halogens is 2. The Hall–Kier alpha value is -3.34. The number of rotatable bonds is 5. The van der Waals surface area contributed by atoms with Gasteiger partial charge >= 0.3 is 6.43 Å². The fourth-order valence-corrected chi connectivity index (χ4v) is 1.85. The first kappa shape index (κ1) is 15.6. The number of nitrogens with zero attached hydrogens (tertiary/aromatic N) is 4. The molecule has 0 saturated carbocycles. The van der Waals surface area contributed by atoms with E-state index in [1.165, 1.54) is 6.20 Å². The van der Waals surface area contributed by atoms with Crippen LogP contribution in [0.15, 0.2) is 47.0 Å². The SMILES string of the molecule is [C-]#[N+]c1ccc(OCc2ccc(-c3nnc(C(F)F)o3)cn2)cc1. The largest absolute Gasteiger partial charge is 0.487 e. The van der Waals surface area contributed by atoms with Gasteiger partial charge in [0.05, 0.1) is 17.8 Å². The van der Waals surface area contributed by atoms with Crippen molar-refractivity contribution in [2.75, 3.05) is 0 Å². The van der Waals surface area contributed by atoms with Gasteiger partial charge in [-0.2, -0.15) is 8.78 Å². The van der Waals surface area contributed by atoms with Gasteiger partial charge in [-0.25, -0.2) is 4.85 Å². The summed E-state index contributed by atoms with van der Waals surface area (Å²) in [5, 5.41) is 6.82. The monoisotopic (exact) mass is 328 g/mol. The summed E-state index contributed by atoms with van der Waals surface area (Å²) in [6.45, 7) is 7.11. The summed E-state index contributed by atoms with van der Waals surface area (Å²) in [5.74, 6) is -0.118. The van der Waals surface area contributed by atoms with Crippen LogP contribution >= 0.6 is 0 Å². The smallest absolute Gasteiger partial charge is 0.314 e. The quantitative estimate of drug-likeness (QED) is 0.657. The molecule has 0 radical (unpaired) electrons. The molecule has 0 amide bonds. The van der Waals surface area contributed by atoms with Crippen molar-refractivity contribution in [2.24, 2.45) is 0 Å². The minimum Gasteiger partial charge on any atom is -0.487 e. The molecular formula is C16H10F2N4O2. The van der Waals surface area contributed by atoms with Crippen molar-refractivity contribution >= 4 is 5.69 Å². The summed E-state index contributed by atoms with van der Waals surface area (Å²) in [6.07, 6.45) is -1.36.